The lowest BCUT2D eigenvalue weighted by atomic mass is 10.1. The Hall–Kier alpha value is -2.18. The maximum atomic E-state index is 12.3. The standard InChI is InChI=1S/C16H17NO4S/c1-21-16(18)15(12-13-8-4-2-5-9-13)17-22(19,20)14-10-6-3-7-11-14/h2-11,15,17H,12H2,1H3. The highest BCUT2D eigenvalue weighted by molar-refractivity contribution is 7.89. The average molecular weight is 319 g/mol. The van der Waals surface area contributed by atoms with Crippen molar-refractivity contribution in [2.45, 2.75) is 17.4 Å². The number of carbonyl (C=O) groups is 1. The van der Waals surface area contributed by atoms with Crippen molar-refractivity contribution in [1.29, 1.82) is 0 Å². The summed E-state index contributed by atoms with van der Waals surface area (Å²) in [5.74, 6) is -0.622. The molecule has 0 saturated carbocycles. The van der Waals surface area contributed by atoms with Crippen LogP contribution in [0, 0.1) is 0 Å². The molecule has 2 rings (SSSR count). The van der Waals surface area contributed by atoms with Crippen molar-refractivity contribution < 1.29 is 17.9 Å². The van der Waals surface area contributed by atoms with Gasteiger partial charge in [0.25, 0.3) is 0 Å². The van der Waals surface area contributed by atoms with Crippen LogP contribution in [0.5, 0.6) is 0 Å². The van der Waals surface area contributed by atoms with Gasteiger partial charge in [-0.2, -0.15) is 4.72 Å². The topological polar surface area (TPSA) is 72.5 Å². The van der Waals surface area contributed by atoms with Crippen LogP contribution in [0.15, 0.2) is 65.6 Å². The lowest BCUT2D eigenvalue weighted by molar-refractivity contribution is -0.142. The van der Waals surface area contributed by atoms with Crippen LogP contribution >= 0.6 is 0 Å². The highest BCUT2D eigenvalue weighted by atomic mass is 32.2. The minimum Gasteiger partial charge on any atom is -0.468 e. The summed E-state index contributed by atoms with van der Waals surface area (Å²) in [4.78, 5) is 12.0. The van der Waals surface area contributed by atoms with Gasteiger partial charge in [-0.05, 0) is 24.1 Å². The zero-order valence-corrected chi connectivity index (χ0v) is 12.9. The van der Waals surface area contributed by atoms with E-state index in [1.54, 1.807) is 18.2 Å². The number of esters is 1. The maximum Gasteiger partial charge on any atom is 0.324 e. The molecule has 116 valence electrons. The van der Waals surface area contributed by atoms with E-state index in [0.717, 1.165) is 5.56 Å². The lowest BCUT2D eigenvalue weighted by Crippen LogP contribution is -2.42. The van der Waals surface area contributed by atoms with Crippen molar-refractivity contribution in [3.63, 3.8) is 0 Å². The van der Waals surface area contributed by atoms with E-state index in [1.807, 2.05) is 30.3 Å². The molecule has 2 aromatic carbocycles. The third-order valence-electron chi connectivity index (χ3n) is 3.12. The first-order chi connectivity index (χ1) is 10.5. The molecular formula is C16H17NO4S. The third-order valence-corrected chi connectivity index (χ3v) is 4.61. The van der Waals surface area contributed by atoms with Crippen molar-refractivity contribution in [2.24, 2.45) is 0 Å². The molecule has 2 aromatic rings. The Morgan fingerprint density at radius 1 is 1.05 bits per heavy atom. The van der Waals surface area contributed by atoms with E-state index >= 15 is 0 Å². The molecule has 0 fully saturated rings. The lowest BCUT2D eigenvalue weighted by Gasteiger charge is -2.16. The van der Waals surface area contributed by atoms with Crippen LogP contribution in [-0.4, -0.2) is 27.5 Å². The fourth-order valence-corrected chi connectivity index (χ4v) is 3.23. The number of sulfonamides is 1. The van der Waals surface area contributed by atoms with Gasteiger partial charge in [0.15, 0.2) is 0 Å². The molecule has 0 aliphatic heterocycles. The molecule has 0 aliphatic rings. The fourth-order valence-electron chi connectivity index (χ4n) is 2.02. The maximum absolute atomic E-state index is 12.3. The van der Waals surface area contributed by atoms with E-state index in [1.165, 1.54) is 19.2 Å². The van der Waals surface area contributed by atoms with Crippen LogP contribution in [-0.2, 0) is 26.0 Å². The first-order valence-corrected chi connectivity index (χ1v) is 8.20. The van der Waals surface area contributed by atoms with Gasteiger partial charge in [0.05, 0.1) is 12.0 Å². The molecule has 0 amide bonds. The molecule has 0 saturated heterocycles. The average Bonchev–Trinajstić information content (AvgIpc) is 2.55. The molecule has 0 bridgehead atoms. The summed E-state index contributed by atoms with van der Waals surface area (Å²) in [5, 5.41) is 0. The van der Waals surface area contributed by atoms with Gasteiger partial charge in [0.1, 0.15) is 6.04 Å². The van der Waals surface area contributed by atoms with Crippen LogP contribution in [0.4, 0.5) is 0 Å². The van der Waals surface area contributed by atoms with E-state index in [0.29, 0.717) is 0 Å². The molecule has 1 N–H and O–H groups in total. The van der Waals surface area contributed by atoms with Crippen molar-refractivity contribution in [2.75, 3.05) is 7.11 Å². The predicted molar refractivity (Wildman–Crippen MR) is 82.7 cm³/mol. The first kappa shape index (κ1) is 16.2. The summed E-state index contributed by atoms with van der Waals surface area (Å²) in [7, 11) is -2.55. The van der Waals surface area contributed by atoms with Crippen LogP contribution in [0.25, 0.3) is 0 Å². The number of rotatable bonds is 6. The van der Waals surface area contributed by atoms with Crippen molar-refractivity contribution in [1.82, 2.24) is 4.72 Å². The van der Waals surface area contributed by atoms with Crippen LogP contribution in [0.1, 0.15) is 5.56 Å². The highest BCUT2D eigenvalue weighted by Gasteiger charge is 2.26. The van der Waals surface area contributed by atoms with Crippen molar-refractivity contribution in [3.8, 4) is 0 Å². The summed E-state index contributed by atoms with van der Waals surface area (Å²) in [6, 6.07) is 16.1. The van der Waals surface area contributed by atoms with E-state index in [2.05, 4.69) is 4.72 Å². The normalized spacial score (nSPS) is 12.6. The zero-order chi connectivity index (χ0) is 16.0. The minimum atomic E-state index is -3.79. The Balaban J connectivity index is 2.22. The molecule has 1 atom stereocenters. The second kappa shape index (κ2) is 7.20. The van der Waals surface area contributed by atoms with Crippen LogP contribution in [0.2, 0.25) is 0 Å². The fraction of sp³-hybridized carbons (Fsp3) is 0.188. The number of hydrogen-bond acceptors (Lipinski definition) is 4. The van der Waals surface area contributed by atoms with Gasteiger partial charge < -0.3 is 4.74 Å². The van der Waals surface area contributed by atoms with E-state index in [4.69, 9.17) is 4.74 Å². The number of carbonyl (C=O) groups excluding carboxylic acids is 1. The van der Waals surface area contributed by atoms with Crippen molar-refractivity contribution >= 4 is 16.0 Å². The molecular weight excluding hydrogens is 302 g/mol. The number of methoxy groups -OCH3 is 1. The molecule has 0 radical (unpaired) electrons. The largest absolute Gasteiger partial charge is 0.468 e. The minimum absolute atomic E-state index is 0.108. The second-order valence-electron chi connectivity index (χ2n) is 4.70. The van der Waals surface area contributed by atoms with Crippen LogP contribution < -0.4 is 4.72 Å². The Morgan fingerprint density at radius 3 is 2.14 bits per heavy atom. The molecule has 0 spiro atoms. The molecule has 0 aliphatic carbocycles. The summed E-state index contributed by atoms with van der Waals surface area (Å²) < 4.78 is 31.8. The predicted octanol–water partition coefficient (Wildman–Crippen LogP) is 1.75. The van der Waals surface area contributed by atoms with Gasteiger partial charge in [0, 0.05) is 0 Å². The number of ether oxygens (including phenoxy) is 1. The SMILES string of the molecule is COC(=O)C(Cc1ccccc1)NS(=O)(=O)c1ccccc1. The van der Waals surface area contributed by atoms with Gasteiger partial charge >= 0.3 is 5.97 Å². The van der Waals surface area contributed by atoms with Gasteiger partial charge in [-0.25, -0.2) is 8.42 Å². The summed E-state index contributed by atoms with van der Waals surface area (Å²) in [6.45, 7) is 0. The van der Waals surface area contributed by atoms with E-state index < -0.39 is 22.0 Å². The summed E-state index contributed by atoms with van der Waals surface area (Å²) in [5.41, 5.74) is 0.841. The monoisotopic (exact) mass is 319 g/mol. The molecule has 22 heavy (non-hydrogen) atoms. The second-order valence-corrected chi connectivity index (χ2v) is 6.41. The Kier molecular flexibility index (Phi) is 5.30. The summed E-state index contributed by atoms with van der Waals surface area (Å²) in [6.07, 6.45) is 0.222. The molecule has 5 nitrogen and oxygen atoms in total. The Labute approximate surface area is 130 Å². The summed E-state index contributed by atoms with van der Waals surface area (Å²) >= 11 is 0. The van der Waals surface area contributed by atoms with Crippen LogP contribution in [0.3, 0.4) is 0 Å². The highest BCUT2D eigenvalue weighted by Crippen LogP contribution is 2.11. The van der Waals surface area contributed by atoms with Gasteiger partial charge in [-0.3, -0.25) is 4.79 Å². The Morgan fingerprint density at radius 2 is 1.59 bits per heavy atom. The van der Waals surface area contributed by atoms with E-state index in [9.17, 15) is 13.2 Å². The van der Waals surface area contributed by atoms with Gasteiger partial charge in [-0.15, -0.1) is 0 Å². The van der Waals surface area contributed by atoms with Gasteiger partial charge in [-0.1, -0.05) is 48.5 Å². The zero-order valence-electron chi connectivity index (χ0n) is 12.1. The van der Waals surface area contributed by atoms with E-state index in [-0.39, 0.29) is 11.3 Å². The van der Waals surface area contributed by atoms with Crippen molar-refractivity contribution in [3.05, 3.63) is 66.2 Å². The number of hydrogen-bond donors (Lipinski definition) is 1. The smallest absolute Gasteiger partial charge is 0.324 e. The molecule has 1 unspecified atom stereocenters. The Bertz CT molecular complexity index is 714. The number of nitrogens with one attached hydrogen (secondary N) is 1. The quantitative estimate of drug-likeness (QED) is 0.823. The molecule has 6 heteroatoms. The number of benzene rings is 2. The third kappa shape index (κ3) is 4.16. The first-order valence-electron chi connectivity index (χ1n) is 6.72. The molecule has 0 heterocycles. The van der Waals surface area contributed by atoms with Gasteiger partial charge in [0.2, 0.25) is 10.0 Å². The molecule has 0 aromatic heterocycles.